The zero-order chi connectivity index (χ0) is 20.7. The van der Waals surface area contributed by atoms with Gasteiger partial charge in [-0.15, -0.1) is 0 Å². The number of nitrogen functional groups attached to an aromatic ring is 1. The number of aromatic nitrogens is 2. The van der Waals surface area contributed by atoms with Crippen LogP contribution in [0.2, 0.25) is 5.02 Å². The summed E-state index contributed by atoms with van der Waals surface area (Å²) >= 11 is 6.06. The molecule has 0 spiro atoms. The van der Waals surface area contributed by atoms with Crippen molar-refractivity contribution in [3.8, 4) is 0 Å². The van der Waals surface area contributed by atoms with Gasteiger partial charge in [-0.05, 0) is 31.0 Å². The van der Waals surface area contributed by atoms with Crippen LogP contribution in [0.1, 0.15) is 60.7 Å². The Hall–Kier alpha value is -2.44. The van der Waals surface area contributed by atoms with E-state index in [0.717, 1.165) is 30.0 Å². The highest BCUT2D eigenvalue weighted by molar-refractivity contribution is 6.31. The molecule has 3 heterocycles. The van der Waals surface area contributed by atoms with E-state index in [1.165, 1.54) is 32.1 Å². The number of nitrogens with two attached hydrogens (primary N) is 1. The van der Waals surface area contributed by atoms with Gasteiger partial charge in [-0.1, -0.05) is 30.9 Å². The number of rotatable bonds is 3. The molecule has 2 aromatic heterocycles. The van der Waals surface area contributed by atoms with E-state index in [0.29, 0.717) is 40.6 Å². The minimum absolute atomic E-state index is 0.119. The van der Waals surface area contributed by atoms with Gasteiger partial charge in [0, 0.05) is 54.4 Å². The van der Waals surface area contributed by atoms with Crippen molar-refractivity contribution < 1.29 is 4.42 Å². The van der Waals surface area contributed by atoms with Gasteiger partial charge >= 0.3 is 0 Å². The molecule has 0 radical (unpaired) electrons. The Balaban J connectivity index is 1.37. The predicted octanol–water partition coefficient (Wildman–Crippen LogP) is 4.42. The van der Waals surface area contributed by atoms with Crippen LogP contribution in [-0.2, 0) is 19.5 Å². The zero-order valence-electron chi connectivity index (χ0n) is 16.9. The third kappa shape index (κ3) is 3.70. The van der Waals surface area contributed by atoms with E-state index in [-0.39, 0.29) is 11.3 Å². The SMILES string of the molecule is Nc1oc2ccc(Cl)cc2c(=O)c1CN1CCc2nc(C3CCCCC3)ncc2C1. The average molecular weight is 425 g/mol. The van der Waals surface area contributed by atoms with E-state index >= 15 is 0 Å². The van der Waals surface area contributed by atoms with Gasteiger partial charge in [0.15, 0.2) is 11.3 Å². The second kappa shape index (κ2) is 8.00. The van der Waals surface area contributed by atoms with Crippen LogP contribution in [0.3, 0.4) is 0 Å². The number of fused-ring (bicyclic) bond motifs is 2. The van der Waals surface area contributed by atoms with Crippen LogP contribution in [0.15, 0.2) is 33.6 Å². The molecule has 156 valence electrons. The van der Waals surface area contributed by atoms with E-state index in [4.69, 9.17) is 26.7 Å². The molecule has 2 aliphatic rings. The highest BCUT2D eigenvalue weighted by Gasteiger charge is 2.24. The van der Waals surface area contributed by atoms with Gasteiger partial charge in [0.2, 0.25) is 0 Å². The van der Waals surface area contributed by atoms with Crippen molar-refractivity contribution in [2.45, 2.75) is 57.5 Å². The number of nitrogens with zero attached hydrogens (tertiary/aromatic N) is 3. The van der Waals surface area contributed by atoms with Gasteiger partial charge in [-0.25, -0.2) is 9.97 Å². The normalized spacial score (nSPS) is 17.9. The Morgan fingerprint density at radius 1 is 1.23 bits per heavy atom. The molecule has 1 aliphatic heterocycles. The number of hydrogen-bond acceptors (Lipinski definition) is 6. The molecule has 1 aromatic carbocycles. The average Bonchev–Trinajstić information content (AvgIpc) is 2.77. The summed E-state index contributed by atoms with van der Waals surface area (Å²) in [7, 11) is 0. The molecule has 1 aliphatic carbocycles. The van der Waals surface area contributed by atoms with Crippen molar-refractivity contribution in [1.29, 1.82) is 0 Å². The van der Waals surface area contributed by atoms with Gasteiger partial charge in [0.25, 0.3) is 0 Å². The molecule has 5 rings (SSSR count). The molecule has 0 amide bonds. The van der Waals surface area contributed by atoms with Crippen LogP contribution < -0.4 is 11.2 Å². The molecule has 6 nitrogen and oxygen atoms in total. The van der Waals surface area contributed by atoms with Crippen LogP contribution >= 0.6 is 11.6 Å². The van der Waals surface area contributed by atoms with Gasteiger partial charge in [0.1, 0.15) is 11.4 Å². The topological polar surface area (TPSA) is 85.2 Å². The summed E-state index contributed by atoms with van der Waals surface area (Å²) in [5.74, 6) is 1.69. The molecule has 0 saturated heterocycles. The Kier molecular flexibility index (Phi) is 5.21. The highest BCUT2D eigenvalue weighted by Crippen LogP contribution is 2.31. The van der Waals surface area contributed by atoms with Crippen LogP contribution in [0.25, 0.3) is 11.0 Å². The molecule has 0 atom stereocenters. The van der Waals surface area contributed by atoms with E-state index < -0.39 is 0 Å². The number of hydrogen-bond donors (Lipinski definition) is 1. The first-order valence-electron chi connectivity index (χ1n) is 10.7. The summed E-state index contributed by atoms with van der Waals surface area (Å²) in [6.45, 7) is 1.95. The van der Waals surface area contributed by atoms with E-state index in [9.17, 15) is 4.79 Å². The lowest BCUT2D eigenvalue weighted by Crippen LogP contribution is -2.33. The van der Waals surface area contributed by atoms with Crippen molar-refractivity contribution >= 4 is 28.5 Å². The molecule has 1 fully saturated rings. The van der Waals surface area contributed by atoms with E-state index in [1.807, 2.05) is 6.20 Å². The fraction of sp³-hybridized carbons (Fsp3) is 0.435. The lowest BCUT2D eigenvalue weighted by atomic mass is 9.88. The minimum atomic E-state index is -0.119. The van der Waals surface area contributed by atoms with Crippen molar-refractivity contribution in [2.75, 3.05) is 12.3 Å². The number of halogens is 1. The van der Waals surface area contributed by atoms with Crippen LogP contribution in [0, 0.1) is 0 Å². The molecule has 3 aromatic rings. The standard InChI is InChI=1S/C23H25ClN4O2/c24-16-6-7-20-17(10-16)21(29)18(22(25)30-20)13-28-9-8-19-15(12-28)11-26-23(27-19)14-4-2-1-3-5-14/h6-7,10-11,14H,1-5,8-9,12-13,25H2. The molecular formula is C23H25ClN4O2. The third-order valence-electron chi connectivity index (χ3n) is 6.36. The highest BCUT2D eigenvalue weighted by atomic mass is 35.5. The summed E-state index contributed by atoms with van der Waals surface area (Å²) < 4.78 is 5.69. The first-order chi connectivity index (χ1) is 14.6. The van der Waals surface area contributed by atoms with Crippen molar-refractivity contribution in [3.63, 3.8) is 0 Å². The van der Waals surface area contributed by atoms with Crippen molar-refractivity contribution in [2.24, 2.45) is 0 Å². The molecule has 2 N–H and O–H groups in total. The lowest BCUT2D eigenvalue weighted by molar-refractivity contribution is 0.240. The molecule has 7 heteroatoms. The first kappa shape index (κ1) is 19.5. The fourth-order valence-corrected chi connectivity index (χ4v) is 4.85. The fourth-order valence-electron chi connectivity index (χ4n) is 4.68. The zero-order valence-corrected chi connectivity index (χ0v) is 17.6. The smallest absolute Gasteiger partial charge is 0.199 e. The predicted molar refractivity (Wildman–Crippen MR) is 118 cm³/mol. The van der Waals surface area contributed by atoms with Gasteiger partial charge in [0.05, 0.1) is 10.9 Å². The summed E-state index contributed by atoms with van der Waals surface area (Å²) in [6.07, 6.45) is 9.11. The lowest BCUT2D eigenvalue weighted by Gasteiger charge is -2.29. The largest absolute Gasteiger partial charge is 0.440 e. The van der Waals surface area contributed by atoms with Crippen molar-refractivity contribution in [3.05, 3.63) is 62.3 Å². The van der Waals surface area contributed by atoms with E-state index in [1.54, 1.807) is 18.2 Å². The van der Waals surface area contributed by atoms with Crippen LogP contribution in [0.4, 0.5) is 5.88 Å². The number of benzene rings is 1. The summed E-state index contributed by atoms with van der Waals surface area (Å²) in [5, 5.41) is 0.966. The quantitative estimate of drug-likeness (QED) is 0.669. The maximum Gasteiger partial charge on any atom is 0.199 e. The molecule has 0 unspecified atom stereocenters. The van der Waals surface area contributed by atoms with Gasteiger partial charge in [-0.2, -0.15) is 0 Å². The molecule has 1 saturated carbocycles. The second-order valence-corrected chi connectivity index (χ2v) is 8.85. The second-order valence-electron chi connectivity index (χ2n) is 8.41. The van der Waals surface area contributed by atoms with Crippen LogP contribution in [-0.4, -0.2) is 21.4 Å². The Bertz CT molecular complexity index is 1150. The number of anilines is 1. The summed E-state index contributed by atoms with van der Waals surface area (Å²) in [6, 6.07) is 5.00. The van der Waals surface area contributed by atoms with Gasteiger partial charge in [-0.3, -0.25) is 9.69 Å². The summed E-state index contributed by atoms with van der Waals surface area (Å²) in [4.78, 5) is 24.8. The molecule has 0 bridgehead atoms. The van der Waals surface area contributed by atoms with Gasteiger partial charge < -0.3 is 10.2 Å². The van der Waals surface area contributed by atoms with Crippen molar-refractivity contribution in [1.82, 2.24) is 14.9 Å². The monoisotopic (exact) mass is 424 g/mol. The minimum Gasteiger partial charge on any atom is -0.440 e. The van der Waals surface area contributed by atoms with E-state index in [2.05, 4.69) is 9.88 Å². The third-order valence-corrected chi connectivity index (χ3v) is 6.60. The summed E-state index contributed by atoms with van der Waals surface area (Å²) in [5.41, 5.74) is 9.18. The molecule has 30 heavy (non-hydrogen) atoms. The maximum absolute atomic E-state index is 13.0. The maximum atomic E-state index is 13.0. The molecular weight excluding hydrogens is 400 g/mol. The Morgan fingerprint density at radius 2 is 2.07 bits per heavy atom. The first-order valence-corrected chi connectivity index (χ1v) is 11.0. The Morgan fingerprint density at radius 3 is 2.90 bits per heavy atom. The Labute approximate surface area is 180 Å². The van der Waals surface area contributed by atoms with Crippen LogP contribution in [0.5, 0.6) is 0 Å².